The Bertz CT molecular complexity index is 630. The Balaban J connectivity index is 1.94. The molecule has 2 aliphatic rings. The van der Waals surface area contributed by atoms with Crippen molar-refractivity contribution in [3.05, 3.63) is 23.8 Å². The lowest BCUT2D eigenvalue weighted by atomic mass is 10.1. The quantitative estimate of drug-likeness (QED) is 0.919. The monoisotopic (exact) mass is 310 g/mol. The fraction of sp³-hybridized carbons (Fsp3) is 0.600. The topological polar surface area (TPSA) is 58.6 Å². The number of methoxy groups -OCH3 is 1. The molecular formula is C15H22N2O3S. The second-order valence-corrected chi connectivity index (χ2v) is 7.85. The summed E-state index contributed by atoms with van der Waals surface area (Å²) in [5.74, 6) is 0.419. The molecule has 2 bridgehead atoms. The van der Waals surface area contributed by atoms with E-state index in [1.807, 2.05) is 13.0 Å². The molecule has 0 saturated carbocycles. The molecule has 5 nitrogen and oxygen atoms in total. The zero-order chi connectivity index (χ0) is 15.0. The van der Waals surface area contributed by atoms with Gasteiger partial charge in [0.2, 0.25) is 10.0 Å². The minimum absolute atomic E-state index is 0.280. The van der Waals surface area contributed by atoms with E-state index < -0.39 is 10.0 Å². The summed E-state index contributed by atoms with van der Waals surface area (Å²) in [5, 5.41) is 3.51. The van der Waals surface area contributed by atoms with Crippen LogP contribution in [0.2, 0.25) is 0 Å². The minimum Gasteiger partial charge on any atom is -0.495 e. The van der Waals surface area contributed by atoms with Crippen LogP contribution in [0.1, 0.15) is 24.8 Å². The standard InChI is InChI=1S/C15H22N2O3S/c1-11-3-6-14(20-2)15(9-11)21(18,19)17-8-7-12-4-5-13(10-17)16-12/h3,6,9,12-13,16H,4-5,7-8,10H2,1-2H3. The van der Waals surface area contributed by atoms with Crippen molar-refractivity contribution in [2.75, 3.05) is 20.2 Å². The van der Waals surface area contributed by atoms with Crippen LogP contribution < -0.4 is 10.1 Å². The van der Waals surface area contributed by atoms with Crippen LogP contribution >= 0.6 is 0 Å². The fourth-order valence-corrected chi connectivity index (χ4v) is 4.99. The first-order valence-electron chi connectivity index (χ1n) is 7.41. The van der Waals surface area contributed by atoms with E-state index in [0.717, 1.165) is 24.8 Å². The lowest BCUT2D eigenvalue weighted by Crippen LogP contribution is -2.39. The Morgan fingerprint density at radius 3 is 2.76 bits per heavy atom. The molecule has 0 amide bonds. The molecule has 116 valence electrons. The van der Waals surface area contributed by atoms with E-state index in [4.69, 9.17) is 4.74 Å². The van der Waals surface area contributed by atoms with Gasteiger partial charge in [0.1, 0.15) is 10.6 Å². The zero-order valence-corrected chi connectivity index (χ0v) is 13.3. The molecule has 2 aliphatic heterocycles. The number of nitrogens with one attached hydrogen (secondary N) is 1. The van der Waals surface area contributed by atoms with Gasteiger partial charge in [-0.25, -0.2) is 8.42 Å². The molecule has 6 heteroatoms. The van der Waals surface area contributed by atoms with E-state index in [1.165, 1.54) is 7.11 Å². The van der Waals surface area contributed by atoms with Crippen LogP contribution in [0, 0.1) is 6.92 Å². The molecule has 3 rings (SSSR count). The second kappa shape index (κ2) is 5.59. The van der Waals surface area contributed by atoms with Crippen molar-refractivity contribution in [3.63, 3.8) is 0 Å². The van der Waals surface area contributed by atoms with Crippen LogP contribution in [0.5, 0.6) is 5.75 Å². The Hall–Kier alpha value is -1.11. The third kappa shape index (κ3) is 2.80. The van der Waals surface area contributed by atoms with E-state index in [-0.39, 0.29) is 10.9 Å². The highest BCUT2D eigenvalue weighted by molar-refractivity contribution is 7.89. The SMILES string of the molecule is COc1ccc(C)cc1S(=O)(=O)N1CCC2CCC(C1)N2. The van der Waals surface area contributed by atoms with Crippen LogP contribution in [0.3, 0.4) is 0 Å². The summed E-state index contributed by atoms with van der Waals surface area (Å²) in [7, 11) is -2.00. The largest absolute Gasteiger partial charge is 0.495 e. The van der Waals surface area contributed by atoms with Crippen LogP contribution in [0.4, 0.5) is 0 Å². The molecule has 2 fully saturated rings. The molecule has 21 heavy (non-hydrogen) atoms. The van der Waals surface area contributed by atoms with Gasteiger partial charge >= 0.3 is 0 Å². The number of hydrogen-bond acceptors (Lipinski definition) is 4. The smallest absolute Gasteiger partial charge is 0.246 e. The molecule has 2 atom stereocenters. The van der Waals surface area contributed by atoms with Crippen LogP contribution in [0.15, 0.2) is 23.1 Å². The number of rotatable bonds is 3. The van der Waals surface area contributed by atoms with E-state index in [0.29, 0.717) is 24.9 Å². The predicted octanol–water partition coefficient (Wildman–Crippen LogP) is 1.52. The van der Waals surface area contributed by atoms with Crippen molar-refractivity contribution in [2.24, 2.45) is 0 Å². The van der Waals surface area contributed by atoms with Crippen molar-refractivity contribution < 1.29 is 13.2 Å². The van der Waals surface area contributed by atoms with E-state index in [1.54, 1.807) is 16.4 Å². The first-order chi connectivity index (χ1) is 10.0. The highest BCUT2D eigenvalue weighted by atomic mass is 32.2. The van der Waals surface area contributed by atoms with Crippen molar-refractivity contribution in [1.82, 2.24) is 9.62 Å². The molecule has 2 saturated heterocycles. The van der Waals surface area contributed by atoms with Gasteiger partial charge in [-0.2, -0.15) is 4.31 Å². The third-order valence-electron chi connectivity index (χ3n) is 4.42. The lowest BCUT2D eigenvalue weighted by Gasteiger charge is -2.24. The van der Waals surface area contributed by atoms with E-state index in [9.17, 15) is 8.42 Å². The van der Waals surface area contributed by atoms with Crippen molar-refractivity contribution in [1.29, 1.82) is 0 Å². The zero-order valence-electron chi connectivity index (χ0n) is 12.5. The molecule has 0 aliphatic carbocycles. The average Bonchev–Trinajstić information content (AvgIpc) is 2.77. The van der Waals surface area contributed by atoms with E-state index >= 15 is 0 Å². The Kier molecular flexibility index (Phi) is 3.94. The summed E-state index contributed by atoms with van der Waals surface area (Å²) in [6.07, 6.45) is 3.10. The number of hydrogen-bond donors (Lipinski definition) is 1. The number of ether oxygens (including phenoxy) is 1. The van der Waals surface area contributed by atoms with Gasteiger partial charge in [-0.1, -0.05) is 6.07 Å². The van der Waals surface area contributed by atoms with Crippen molar-refractivity contribution >= 4 is 10.0 Å². The summed E-state index contributed by atoms with van der Waals surface area (Å²) in [5.41, 5.74) is 0.920. The first-order valence-corrected chi connectivity index (χ1v) is 8.85. The third-order valence-corrected chi connectivity index (χ3v) is 6.31. The second-order valence-electron chi connectivity index (χ2n) is 5.94. The van der Waals surface area contributed by atoms with Gasteiger partial charge in [-0.05, 0) is 43.9 Å². The maximum Gasteiger partial charge on any atom is 0.246 e. The highest BCUT2D eigenvalue weighted by Crippen LogP contribution is 2.30. The van der Waals surface area contributed by atoms with E-state index in [2.05, 4.69) is 5.32 Å². The van der Waals surface area contributed by atoms with Gasteiger partial charge in [0.25, 0.3) is 0 Å². The summed E-state index contributed by atoms with van der Waals surface area (Å²) in [6, 6.07) is 6.04. The van der Waals surface area contributed by atoms with Crippen LogP contribution in [-0.4, -0.2) is 45.0 Å². The molecule has 0 radical (unpaired) electrons. The molecular weight excluding hydrogens is 288 g/mol. The fourth-order valence-electron chi connectivity index (χ4n) is 3.25. The minimum atomic E-state index is -3.50. The number of nitrogens with zero attached hydrogens (tertiary/aromatic N) is 1. The normalized spacial score (nSPS) is 26.6. The molecule has 0 spiro atoms. The van der Waals surface area contributed by atoms with Gasteiger partial charge in [-0.3, -0.25) is 0 Å². The average molecular weight is 310 g/mol. The molecule has 0 aromatic heterocycles. The lowest BCUT2D eigenvalue weighted by molar-refractivity contribution is 0.373. The van der Waals surface area contributed by atoms with Crippen LogP contribution in [0.25, 0.3) is 0 Å². The summed E-state index contributed by atoms with van der Waals surface area (Å²) >= 11 is 0. The van der Waals surface area contributed by atoms with Crippen LogP contribution in [-0.2, 0) is 10.0 Å². The molecule has 1 N–H and O–H groups in total. The summed E-state index contributed by atoms with van der Waals surface area (Å²) in [4.78, 5) is 0.280. The molecule has 2 unspecified atom stereocenters. The number of fused-ring (bicyclic) bond motifs is 2. The maximum atomic E-state index is 13.0. The maximum absolute atomic E-state index is 13.0. The van der Waals surface area contributed by atoms with Gasteiger partial charge < -0.3 is 10.1 Å². The van der Waals surface area contributed by atoms with Crippen molar-refractivity contribution in [2.45, 2.75) is 43.2 Å². The predicted molar refractivity (Wildman–Crippen MR) is 81.1 cm³/mol. The van der Waals surface area contributed by atoms with Crippen molar-refractivity contribution in [3.8, 4) is 5.75 Å². The Labute approximate surface area is 126 Å². The number of aryl methyl sites for hydroxylation is 1. The first kappa shape index (κ1) is 14.8. The van der Waals surface area contributed by atoms with Gasteiger partial charge in [0.15, 0.2) is 0 Å². The summed E-state index contributed by atoms with van der Waals surface area (Å²) in [6.45, 7) is 3.02. The summed E-state index contributed by atoms with van der Waals surface area (Å²) < 4.78 is 32.8. The number of sulfonamides is 1. The Morgan fingerprint density at radius 1 is 1.24 bits per heavy atom. The highest BCUT2D eigenvalue weighted by Gasteiger charge is 2.36. The molecule has 1 aromatic carbocycles. The van der Waals surface area contributed by atoms with Gasteiger partial charge in [0.05, 0.1) is 7.11 Å². The Morgan fingerprint density at radius 2 is 2.00 bits per heavy atom. The molecule has 1 aromatic rings. The molecule has 2 heterocycles. The van der Waals surface area contributed by atoms with Gasteiger partial charge in [0, 0.05) is 25.2 Å². The van der Waals surface area contributed by atoms with Gasteiger partial charge in [-0.15, -0.1) is 0 Å². The number of benzene rings is 1.